The average Bonchev–Trinajstić information content (AvgIpc) is 2.72. The maximum atomic E-state index is 13.1. The molecule has 1 aliphatic heterocycles. The zero-order chi connectivity index (χ0) is 19.7. The first kappa shape index (κ1) is 18.0. The van der Waals surface area contributed by atoms with E-state index in [0.717, 1.165) is 11.1 Å². The maximum Gasteiger partial charge on any atom is 0.322 e. The van der Waals surface area contributed by atoms with Crippen molar-refractivity contribution in [2.75, 3.05) is 36.4 Å². The summed E-state index contributed by atoms with van der Waals surface area (Å²) >= 11 is 0. The first-order chi connectivity index (χ1) is 13.5. The van der Waals surface area contributed by atoms with Gasteiger partial charge in [-0.05, 0) is 30.3 Å². The minimum Gasteiger partial charge on any atom is -0.368 e. The Morgan fingerprint density at radius 1 is 0.964 bits per heavy atom. The average molecular weight is 380 g/mol. The predicted octanol–water partition coefficient (Wildman–Crippen LogP) is 3.03. The van der Waals surface area contributed by atoms with Gasteiger partial charge in [0.25, 0.3) is 5.56 Å². The van der Waals surface area contributed by atoms with Crippen molar-refractivity contribution < 1.29 is 9.18 Å². The van der Waals surface area contributed by atoms with E-state index in [9.17, 15) is 14.0 Å². The summed E-state index contributed by atoms with van der Waals surface area (Å²) in [6.45, 7) is 2.47. The molecule has 7 heteroatoms. The maximum absolute atomic E-state index is 13.1. The summed E-state index contributed by atoms with van der Waals surface area (Å²) in [5, 5.41) is 4.24. The Bertz CT molecular complexity index is 1070. The van der Waals surface area contributed by atoms with Gasteiger partial charge in [-0.2, -0.15) is 0 Å². The highest BCUT2D eigenvalue weighted by molar-refractivity contribution is 6.01. The molecule has 3 aromatic rings. The van der Waals surface area contributed by atoms with Crippen molar-refractivity contribution in [3.05, 3.63) is 70.9 Å². The SMILES string of the molecule is Cn1cc(NC(=O)N2CCN(c3ccc(F)cc3)CC2)c2ccccc2c1=O. The quantitative estimate of drug-likeness (QED) is 0.744. The summed E-state index contributed by atoms with van der Waals surface area (Å²) in [6, 6.07) is 13.4. The zero-order valence-corrected chi connectivity index (χ0v) is 15.6. The number of nitrogens with one attached hydrogen (secondary N) is 1. The second-order valence-electron chi connectivity index (χ2n) is 6.89. The van der Waals surface area contributed by atoms with Crippen LogP contribution in [-0.2, 0) is 7.05 Å². The van der Waals surface area contributed by atoms with E-state index in [2.05, 4.69) is 10.2 Å². The Hall–Kier alpha value is -3.35. The van der Waals surface area contributed by atoms with Gasteiger partial charge in [0.05, 0.1) is 5.69 Å². The molecule has 1 aliphatic rings. The second kappa shape index (κ2) is 7.34. The van der Waals surface area contributed by atoms with Crippen molar-refractivity contribution in [2.45, 2.75) is 0 Å². The van der Waals surface area contributed by atoms with Gasteiger partial charge in [-0.25, -0.2) is 9.18 Å². The number of piperazine rings is 1. The van der Waals surface area contributed by atoms with Crippen molar-refractivity contribution in [3.63, 3.8) is 0 Å². The third kappa shape index (κ3) is 3.43. The molecule has 0 bridgehead atoms. The van der Waals surface area contributed by atoms with E-state index in [-0.39, 0.29) is 17.4 Å². The number of pyridine rings is 1. The molecule has 0 atom stereocenters. The van der Waals surface area contributed by atoms with Gasteiger partial charge < -0.3 is 19.7 Å². The molecule has 1 saturated heterocycles. The van der Waals surface area contributed by atoms with Crippen LogP contribution in [0.5, 0.6) is 0 Å². The monoisotopic (exact) mass is 380 g/mol. The Balaban J connectivity index is 1.47. The number of carbonyl (C=O) groups is 1. The number of fused-ring (bicyclic) bond motifs is 1. The predicted molar refractivity (Wildman–Crippen MR) is 108 cm³/mol. The highest BCUT2D eigenvalue weighted by Crippen LogP contribution is 2.21. The number of aryl methyl sites for hydroxylation is 1. The first-order valence-electron chi connectivity index (χ1n) is 9.18. The van der Waals surface area contributed by atoms with Crippen LogP contribution in [0.3, 0.4) is 0 Å². The van der Waals surface area contributed by atoms with Crippen molar-refractivity contribution in [1.29, 1.82) is 0 Å². The van der Waals surface area contributed by atoms with Crippen molar-refractivity contribution in [1.82, 2.24) is 9.47 Å². The zero-order valence-electron chi connectivity index (χ0n) is 15.6. The van der Waals surface area contributed by atoms with Crippen LogP contribution in [-0.4, -0.2) is 41.7 Å². The highest BCUT2D eigenvalue weighted by atomic mass is 19.1. The molecule has 1 fully saturated rings. The Labute approximate surface area is 161 Å². The van der Waals surface area contributed by atoms with Crippen LogP contribution in [0.15, 0.2) is 59.5 Å². The Morgan fingerprint density at radius 3 is 2.29 bits per heavy atom. The number of aromatic nitrogens is 1. The molecule has 1 N–H and O–H groups in total. The molecule has 2 heterocycles. The third-order valence-corrected chi connectivity index (χ3v) is 5.09. The van der Waals surface area contributed by atoms with Crippen LogP contribution in [0, 0.1) is 5.82 Å². The molecule has 4 rings (SSSR count). The number of hydrogen-bond donors (Lipinski definition) is 1. The number of urea groups is 1. The second-order valence-corrected chi connectivity index (χ2v) is 6.89. The molecule has 0 spiro atoms. The lowest BCUT2D eigenvalue weighted by molar-refractivity contribution is 0.208. The molecule has 28 heavy (non-hydrogen) atoms. The highest BCUT2D eigenvalue weighted by Gasteiger charge is 2.22. The van der Waals surface area contributed by atoms with Crippen LogP contribution in [0.2, 0.25) is 0 Å². The minimum absolute atomic E-state index is 0.0958. The van der Waals surface area contributed by atoms with Gasteiger partial charge in [0, 0.05) is 55.9 Å². The summed E-state index contributed by atoms with van der Waals surface area (Å²) < 4.78 is 14.6. The summed E-state index contributed by atoms with van der Waals surface area (Å²) in [4.78, 5) is 28.9. The van der Waals surface area contributed by atoms with Gasteiger partial charge in [-0.15, -0.1) is 0 Å². The molecule has 2 aromatic carbocycles. The largest absolute Gasteiger partial charge is 0.368 e. The van der Waals surface area contributed by atoms with Gasteiger partial charge in [0.1, 0.15) is 5.82 Å². The number of amides is 2. The van der Waals surface area contributed by atoms with E-state index in [0.29, 0.717) is 37.3 Å². The van der Waals surface area contributed by atoms with Gasteiger partial charge >= 0.3 is 6.03 Å². The standard InChI is InChI=1S/C21H21FN4O2/c1-24-14-19(17-4-2-3-5-18(17)20(24)27)23-21(28)26-12-10-25(11-13-26)16-8-6-15(22)7-9-16/h2-9,14H,10-13H2,1H3,(H,23,28). The fourth-order valence-corrected chi connectivity index (χ4v) is 3.53. The summed E-state index contributed by atoms with van der Waals surface area (Å²) in [6.07, 6.45) is 1.65. The van der Waals surface area contributed by atoms with Crippen LogP contribution in [0.4, 0.5) is 20.6 Å². The molecule has 0 saturated carbocycles. The van der Waals surface area contributed by atoms with E-state index in [1.165, 1.54) is 16.7 Å². The smallest absolute Gasteiger partial charge is 0.322 e. The van der Waals surface area contributed by atoms with Gasteiger partial charge in [-0.3, -0.25) is 4.79 Å². The number of hydrogen-bond acceptors (Lipinski definition) is 3. The van der Waals surface area contributed by atoms with Gasteiger partial charge in [0.15, 0.2) is 0 Å². The molecular formula is C21H21FN4O2. The normalized spacial score (nSPS) is 14.4. The lowest BCUT2D eigenvalue weighted by atomic mass is 10.1. The number of nitrogens with zero attached hydrogens (tertiary/aromatic N) is 3. The van der Waals surface area contributed by atoms with Crippen LogP contribution < -0.4 is 15.8 Å². The van der Waals surface area contributed by atoms with Crippen molar-refractivity contribution in [2.24, 2.45) is 7.05 Å². The molecular weight excluding hydrogens is 359 g/mol. The number of halogens is 1. The molecule has 1 aromatic heterocycles. The minimum atomic E-state index is -0.258. The summed E-state index contributed by atoms with van der Waals surface area (Å²) in [5.41, 5.74) is 1.47. The van der Waals surface area contributed by atoms with E-state index < -0.39 is 0 Å². The Kier molecular flexibility index (Phi) is 4.73. The van der Waals surface area contributed by atoms with E-state index in [4.69, 9.17) is 0 Å². The third-order valence-electron chi connectivity index (χ3n) is 5.09. The van der Waals surface area contributed by atoms with Crippen molar-refractivity contribution in [3.8, 4) is 0 Å². The molecule has 2 amide bonds. The lowest BCUT2D eigenvalue weighted by Crippen LogP contribution is -2.50. The summed E-state index contributed by atoms with van der Waals surface area (Å²) in [5.74, 6) is -0.258. The number of benzene rings is 2. The Morgan fingerprint density at radius 2 is 1.61 bits per heavy atom. The number of rotatable bonds is 2. The molecule has 0 aliphatic carbocycles. The topological polar surface area (TPSA) is 57.6 Å². The fourth-order valence-electron chi connectivity index (χ4n) is 3.53. The molecule has 6 nitrogen and oxygen atoms in total. The molecule has 0 unspecified atom stereocenters. The van der Waals surface area contributed by atoms with Gasteiger partial charge in [0.2, 0.25) is 0 Å². The molecule has 144 valence electrons. The van der Waals surface area contributed by atoms with E-state index >= 15 is 0 Å². The van der Waals surface area contributed by atoms with Crippen LogP contribution in [0.1, 0.15) is 0 Å². The lowest BCUT2D eigenvalue weighted by Gasteiger charge is -2.36. The van der Waals surface area contributed by atoms with Crippen molar-refractivity contribution >= 4 is 28.2 Å². The fraction of sp³-hybridized carbons (Fsp3) is 0.238. The van der Waals surface area contributed by atoms with Crippen LogP contribution >= 0.6 is 0 Å². The first-order valence-corrected chi connectivity index (χ1v) is 9.18. The van der Waals surface area contributed by atoms with E-state index in [1.54, 1.807) is 36.3 Å². The van der Waals surface area contributed by atoms with E-state index in [1.807, 2.05) is 18.2 Å². The van der Waals surface area contributed by atoms with Crippen LogP contribution in [0.25, 0.3) is 10.8 Å². The van der Waals surface area contributed by atoms with Gasteiger partial charge in [-0.1, -0.05) is 18.2 Å². The number of anilines is 2. The molecule has 0 radical (unpaired) electrons. The summed E-state index contributed by atoms with van der Waals surface area (Å²) in [7, 11) is 1.67. The number of carbonyl (C=O) groups excluding carboxylic acids is 1.